The quantitative estimate of drug-likeness (QED) is 0.566. The molecule has 138 valence electrons. The molecule has 0 bridgehead atoms. The summed E-state index contributed by atoms with van der Waals surface area (Å²) in [4.78, 5) is 27.8. The Morgan fingerprint density at radius 1 is 1.19 bits per heavy atom. The maximum atomic E-state index is 12.1. The summed E-state index contributed by atoms with van der Waals surface area (Å²) in [6.07, 6.45) is 1.21. The number of anilines is 2. The van der Waals surface area contributed by atoms with Gasteiger partial charge in [0, 0.05) is 12.2 Å². The SMILES string of the molecule is C=CC(=O)Nc1ccc2nc(NC(=O)NCc3ccc(OC)cc3)sc2c1. The molecule has 0 aliphatic carbocycles. The van der Waals surface area contributed by atoms with Crippen LogP contribution in [0.25, 0.3) is 10.2 Å². The first-order valence-corrected chi connectivity index (χ1v) is 8.91. The molecule has 1 aromatic heterocycles. The summed E-state index contributed by atoms with van der Waals surface area (Å²) in [6, 6.07) is 12.4. The Kier molecular flexibility index (Phi) is 5.68. The number of fused-ring (bicyclic) bond motifs is 1. The first kappa shape index (κ1) is 18.4. The number of carbonyl (C=O) groups excluding carboxylic acids is 2. The minimum absolute atomic E-state index is 0.282. The van der Waals surface area contributed by atoms with Crippen molar-refractivity contribution in [1.82, 2.24) is 10.3 Å². The maximum Gasteiger partial charge on any atom is 0.321 e. The minimum atomic E-state index is -0.343. The Morgan fingerprint density at radius 3 is 2.67 bits per heavy atom. The molecule has 8 heteroatoms. The fourth-order valence-electron chi connectivity index (χ4n) is 2.32. The van der Waals surface area contributed by atoms with Crippen molar-refractivity contribution in [2.24, 2.45) is 0 Å². The highest BCUT2D eigenvalue weighted by atomic mass is 32.1. The van der Waals surface area contributed by atoms with Crippen molar-refractivity contribution >= 4 is 44.3 Å². The summed E-state index contributed by atoms with van der Waals surface area (Å²) < 4.78 is 5.95. The average molecular weight is 382 g/mol. The number of nitrogens with zero attached hydrogens (tertiary/aromatic N) is 1. The van der Waals surface area contributed by atoms with Crippen LogP contribution < -0.4 is 20.7 Å². The predicted molar refractivity (Wildman–Crippen MR) is 107 cm³/mol. The van der Waals surface area contributed by atoms with E-state index in [1.165, 1.54) is 17.4 Å². The first-order chi connectivity index (χ1) is 13.1. The van der Waals surface area contributed by atoms with Gasteiger partial charge in [0.05, 0.1) is 17.3 Å². The van der Waals surface area contributed by atoms with Crippen LogP contribution in [0.3, 0.4) is 0 Å². The molecular formula is C19H18N4O3S. The van der Waals surface area contributed by atoms with Crippen molar-refractivity contribution < 1.29 is 14.3 Å². The van der Waals surface area contributed by atoms with E-state index in [1.54, 1.807) is 25.3 Å². The highest BCUT2D eigenvalue weighted by Crippen LogP contribution is 2.28. The van der Waals surface area contributed by atoms with E-state index in [9.17, 15) is 9.59 Å². The van der Waals surface area contributed by atoms with Crippen LogP contribution in [0.2, 0.25) is 0 Å². The van der Waals surface area contributed by atoms with Gasteiger partial charge in [-0.3, -0.25) is 10.1 Å². The van der Waals surface area contributed by atoms with Gasteiger partial charge in [-0.2, -0.15) is 0 Å². The molecule has 0 saturated heterocycles. The van der Waals surface area contributed by atoms with E-state index in [-0.39, 0.29) is 11.9 Å². The third kappa shape index (κ3) is 4.83. The molecule has 0 radical (unpaired) electrons. The van der Waals surface area contributed by atoms with Crippen molar-refractivity contribution in [3.63, 3.8) is 0 Å². The Labute approximate surface area is 160 Å². The van der Waals surface area contributed by atoms with Crippen molar-refractivity contribution in [2.45, 2.75) is 6.54 Å². The highest BCUT2D eigenvalue weighted by Gasteiger charge is 2.09. The molecule has 3 aromatic rings. The number of methoxy groups -OCH3 is 1. The third-order valence-electron chi connectivity index (χ3n) is 3.67. The second-order valence-corrected chi connectivity index (χ2v) is 6.58. The fraction of sp³-hybridized carbons (Fsp3) is 0.105. The van der Waals surface area contributed by atoms with Gasteiger partial charge in [-0.15, -0.1) is 0 Å². The summed E-state index contributed by atoms with van der Waals surface area (Å²) in [5, 5.41) is 8.68. The van der Waals surface area contributed by atoms with Gasteiger partial charge in [-0.1, -0.05) is 30.0 Å². The van der Waals surface area contributed by atoms with Crippen LogP contribution in [0.15, 0.2) is 55.1 Å². The molecular weight excluding hydrogens is 364 g/mol. The molecule has 7 nitrogen and oxygen atoms in total. The van der Waals surface area contributed by atoms with Gasteiger partial charge in [-0.05, 0) is 42.0 Å². The van der Waals surface area contributed by atoms with Gasteiger partial charge >= 0.3 is 6.03 Å². The molecule has 2 aromatic carbocycles. The van der Waals surface area contributed by atoms with E-state index < -0.39 is 0 Å². The van der Waals surface area contributed by atoms with E-state index >= 15 is 0 Å². The van der Waals surface area contributed by atoms with Crippen molar-refractivity contribution in [3.8, 4) is 5.75 Å². The molecule has 0 aliphatic heterocycles. The van der Waals surface area contributed by atoms with Gasteiger partial charge in [0.25, 0.3) is 0 Å². The van der Waals surface area contributed by atoms with Gasteiger partial charge in [0.2, 0.25) is 5.91 Å². The molecule has 0 spiro atoms. The number of rotatable bonds is 6. The molecule has 27 heavy (non-hydrogen) atoms. The van der Waals surface area contributed by atoms with Crippen LogP contribution in [-0.4, -0.2) is 24.0 Å². The smallest absolute Gasteiger partial charge is 0.321 e. The minimum Gasteiger partial charge on any atom is -0.497 e. The molecule has 0 aliphatic rings. The summed E-state index contributed by atoms with van der Waals surface area (Å²) in [5.41, 5.74) is 2.34. The third-order valence-corrected chi connectivity index (χ3v) is 4.61. The molecule has 3 rings (SSSR count). The number of hydrogen-bond donors (Lipinski definition) is 3. The lowest BCUT2D eigenvalue weighted by atomic mass is 10.2. The van der Waals surface area contributed by atoms with Crippen LogP contribution in [0.1, 0.15) is 5.56 Å². The van der Waals surface area contributed by atoms with E-state index in [4.69, 9.17) is 4.74 Å². The van der Waals surface area contributed by atoms with Crippen LogP contribution >= 0.6 is 11.3 Å². The number of benzene rings is 2. The molecule has 0 unspecified atom stereocenters. The van der Waals surface area contributed by atoms with Crippen molar-refractivity contribution in [1.29, 1.82) is 0 Å². The predicted octanol–water partition coefficient (Wildman–Crippen LogP) is 3.75. The Morgan fingerprint density at radius 2 is 1.96 bits per heavy atom. The molecule has 3 amide bonds. The number of carbonyl (C=O) groups is 2. The second kappa shape index (κ2) is 8.33. The first-order valence-electron chi connectivity index (χ1n) is 8.09. The van der Waals surface area contributed by atoms with Gasteiger partial charge in [0.15, 0.2) is 5.13 Å². The van der Waals surface area contributed by atoms with Gasteiger partial charge in [0.1, 0.15) is 5.75 Å². The van der Waals surface area contributed by atoms with E-state index in [2.05, 4.69) is 27.5 Å². The zero-order valence-corrected chi connectivity index (χ0v) is 15.4. The fourth-order valence-corrected chi connectivity index (χ4v) is 3.22. The van der Waals surface area contributed by atoms with Crippen molar-refractivity contribution in [3.05, 3.63) is 60.7 Å². The Balaban J connectivity index is 1.60. The van der Waals surface area contributed by atoms with Crippen LogP contribution in [-0.2, 0) is 11.3 Å². The molecule has 0 atom stereocenters. The molecule has 0 saturated carbocycles. The number of nitrogens with one attached hydrogen (secondary N) is 3. The lowest BCUT2D eigenvalue weighted by molar-refractivity contribution is -0.111. The zero-order chi connectivity index (χ0) is 19.2. The summed E-state index contributed by atoms with van der Waals surface area (Å²) in [6.45, 7) is 3.81. The highest BCUT2D eigenvalue weighted by molar-refractivity contribution is 7.22. The topological polar surface area (TPSA) is 92.4 Å². The molecule has 1 heterocycles. The standard InChI is InChI=1S/C19H18N4O3S/c1-3-17(24)21-13-6-9-15-16(10-13)27-19(22-15)23-18(25)20-11-12-4-7-14(26-2)8-5-12/h3-10H,1,11H2,2H3,(H,21,24)(H2,20,22,23,25). The van der Waals surface area contributed by atoms with Gasteiger partial charge in [-0.25, -0.2) is 9.78 Å². The number of aromatic nitrogens is 1. The van der Waals surface area contributed by atoms with E-state index in [0.29, 0.717) is 17.4 Å². The molecule has 0 fully saturated rings. The zero-order valence-electron chi connectivity index (χ0n) is 14.6. The largest absolute Gasteiger partial charge is 0.497 e. The lowest BCUT2D eigenvalue weighted by Crippen LogP contribution is -2.28. The molecule has 3 N–H and O–H groups in total. The lowest BCUT2D eigenvalue weighted by Gasteiger charge is -2.06. The van der Waals surface area contributed by atoms with Crippen molar-refractivity contribution in [2.75, 3.05) is 17.7 Å². The number of urea groups is 1. The number of amides is 3. The summed E-state index contributed by atoms with van der Waals surface area (Å²) >= 11 is 1.32. The number of thiazole rings is 1. The normalized spacial score (nSPS) is 10.3. The van der Waals surface area contributed by atoms with E-state index in [0.717, 1.165) is 21.5 Å². The maximum absolute atomic E-state index is 12.1. The average Bonchev–Trinajstić information content (AvgIpc) is 3.08. The summed E-state index contributed by atoms with van der Waals surface area (Å²) in [5.74, 6) is 0.483. The van der Waals surface area contributed by atoms with Gasteiger partial charge < -0.3 is 15.4 Å². The van der Waals surface area contributed by atoms with Crippen LogP contribution in [0.5, 0.6) is 5.75 Å². The van der Waals surface area contributed by atoms with E-state index in [1.807, 2.05) is 24.3 Å². The second-order valence-electron chi connectivity index (χ2n) is 5.55. The van der Waals surface area contributed by atoms with Crippen LogP contribution in [0.4, 0.5) is 15.6 Å². The number of ether oxygens (including phenoxy) is 1. The summed E-state index contributed by atoms with van der Waals surface area (Å²) in [7, 11) is 1.61. The Hall–Kier alpha value is -3.39. The monoisotopic (exact) mass is 382 g/mol. The number of hydrogen-bond acceptors (Lipinski definition) is 5. The Bertz CT molecular complexity index is 982. The van der Waals surface area contributed by atoms with Crippen LogP contribution in [0, 0.1) is 0 Å².